The van der Waals surface area contributed by atoms with Crippen LogP contribution in [0.25, 0.3) is 11.5 Å². The zero-order valence-corrected chi connectivity index (χ0v) is 13.8. The number of rotatable bonds is 4. The summed E-state index contributed by atoms with van der Waals surface area (Å²) in [5.41, 5.74) is 3.38. The molecule has 0 unspecified atom stereocenters. The number of hydrogen-bond donors (Lipinski definition) is 0. The molecule has 0 N–H and O–H groups in total. The molecule has 3 rings (SSSR count). The fraction of sp³-hybridized carbons (Fsp3) is 0.125. The summed E-state index contributed by atoms with van der Waals surface area (Å²) in [4.78, 5) is 0. The smallest absolute Gasteiger partial charge is 0.277 e. The Kier molecular flexibility index (Phi) is 4.41. The fourth-order valence-electron chi connectivity index (χ4n) is 1.81. The predicted molar refractivity (Wildman–Crippen MR) is 88.2 cm³/mol. The van der Waals surface area contributed by atoms with Crippen molar-refractivity contribution in [3.8, 4) is 11.5 Å². The molecule has 0 saturated carbocycles. The maximum Gasteiger partial charge on any atom is 0.277 e. The third kappa shape index (κ3) is 3.74. The molecule has 3 aromatic rings. The summed E-state index contributed by atoms with van der Waals surface area (Å²) in [5.74, 6) is 1.37. The van der Waals surface area contributed by atoms with Crippen LogP contribution in [0.3, 0.4) is 0 Å². The van der Waals surface area contributed by atoms with Gasteiger partial charge in [0.25, 0.3) is 5.22 Å². The van der Waals surface area contributed by atoms with Crippen molar-refractivity contribution in [2.75, 3.05) is 0 Å². The molecule has 0 fully saturated rings. The highest BCUT2D eigenvalue weighted by Gasteiger charge is 2.09. The Morgan fingerprint density at radius 2 is 1.71 bits per heavy atom. The Bertz CT molecular complexity index is 723. The lowest BCUT2D eigenvalue weighted by Crippen LogP contribution is -1.80. The van der Waals surface area contributed by atoms with Crippen molar-refractivity contribution in [3.05, 3.63) is 64.1 Å². The molecule has 1 heterocycles. The summed E-state index contributed by atoms with van der Waals surface area (Å²) in [6.45, 7) is 2.05. The number of benzene rings is 2. The summed E-state index contributed by atoms with van der Waals surface area (Å²) < 4.78 is 6.77. The normalized spacial score (nSPS) is 10.8. The summed E-state index contributed by atoms with van der Waals surface area (Å²) >= 11 is 4.97. The van der Waals surface area contributed by atoms with Crippen LogP contribution in [-0.2, 0) is 5.75 Å². The predicted octanol–water partition coefficient (Wildman–Crippen LogP) is 5.10. The zero-order valence-electron chi connectivity index (χ0n) is 11.4. The van der Waals surface area contributed by atoms with Crippen LogP contribution in [0.1, 0.15) is 11.1 Å². The van der Waals surface area contributed by atoms with Gasteiger partial charge in [-0.25, -0.2) is 0 Å². The van der Waals surface area contributed by atoms with Crippen LogP contribution in [0.2, 0.25) is 0 Å². The SMILES string of the molecule is Cc1ccc(-c2nnc(SCc3ccc(Br)cc3)o2)cc1. The maximum absolute atomic E-state index is 5.69. The molecule has 0 saturated heterocycles. The van der Waals surface area contributed by atoms with Gasteiger partial charge in [-0.2, -0.15) is 0 Å². The molecule has 106 valence electrons. The first-order valence-electron chi connectivity index (χ1n) is 6.48. The van der Waals surface area contributed by atoms with E-state index < -0.39 is 0 Å². The van der Waals surface area contributed by atoms with Gasteiger partial charge in [-0.1, -0.05) is 57.5 Å². The lowest BCUT2D eigenvalue weighted by molar-refractivity contribution is 0.466. The van der Waals surface area contributed by atoms with Gasteiger partial charge in [0.15, 0.2) is 0 Å². The fourth-order valence-corrected chi connectivity index (χ4v) is 2.79. The third-order valence-corrected chi connectivity index (χ3v) is 4.40. The second kappa shape index (κ2) is 6.45. The first kappa shape index (κ1) is 14.4. The van der Waals surface area contributed by atoms with Gasteiger partial charge >= 0.3 is 0 Å². The standard InChI is InChI=1S/C16H13BrN2OS/c1-11-2-6-13(7-3-11)15-18-19-16(20-15)21-10-12-4-8-14(17)9-5-12/h2-9H,10H2,1H3. The first-order chi connectivity index (χ1) is 10.2. The van der Waals surface area contributed by atoms with Crippen LogP contribution in [0, 0.1) is 6.92 Å². The minimum Gasteiger partial charge on any atom is -0.411 e. The monoisotopic (exact) mass is 360 g/mol. The van der Waals surface area contributed by atoms with Crippen molar-refractivity contribution in [2.24, 2.45) is 0 Å². The molecule has 0 aliphatic heterocycles. The Morgan fingerprint density at radius 1 is 1.00 bits per heavy atom. The molecule has 0 bridgehead atoms. The van der Waals surface area contributed by atoms with Crippen LogP contribution in [0.15, 0.2) is 62.6 Å². The summed E-state index contributed by atoms with van der Waals surface area (Å²) in [5, 5.41) is 8.77. The van der Waals surface area contributed by atoms with E-state index in [1.165, 1.54) is 11.1 Å². The highest BCUT2D eigenvalue weighted by Crippen LogP contribution is 2.26. The number of aromatic nitrogens is 2. The molecule has 0 aliphatic rings. The van der Waals surface area contributed by atoms with Crippen molar-refractivity contribution in [3.63, 3.8) is 0 Å². The van der Waals surface area contributed by atoms with Gasteiger partial charge in [-0.15, -0.1) is 10.2 Å². The second-order valence-electron chi connectivity index (χ2n) is 4.65. The second-order valence-corrected chi connectivity index (χ2v) is 6.50. The number of hydrogen-bond acceptors (Lipinski definition) is 4. The minimum absolute atomic E-state index is 0.563. The Balaban J connectivity index is 1.67. The van der Waals surface area contributed by atoms with Crippen molar-refractivity contribution in [2.45, 2.75) is 17.9 Å². The Morgan fingerprint density at radius 3 is 2.43 bits per heavy atom. The van der Waals surface area contributed by atoms with E-state index in [2.05, 4.69) is 45.2 Å². The first-order valence-corrected chi connectivity index (χ1v) is 8.26. The van der Waals surface area contributed by atoms with E-state index in [9.17, 15) is 0 Å². The molecule has 0 aliphatic carbocycles. The number of halogens is 1. The van der Waals surface area contributed by atoms with Crippen molar-refractivity contribution >= 4 is 27.7 Å². The van der Waals surface area contributed by atoms with Crippen molar-refractivity contribution < 1.29 is 4.42 Å². The molecule has 5 heteroatoms. The summed E-state index contributed by atoms with van der Waals surface area (Å²) in [6, 6.07) is 16.3. The largest absolute Gasteiger partial charge is 0.411 e. The van der Waals surface area contributed by atoms with Crippen molar-refractivity contribution in [1.29, 1.82) is 0 Å². The number of thioether (sulfide) groups is 1. The van der Waals surface area contributed by atoms with E-state index in [-0.39, 0.29) is 0 Å². The average molecular weight is 361 g/mol. The molecule has 2 aromatic carbocycles. The van der Waals surface area contributed by atoms with Gasteiger partial charge in [-0.05, 0) is 36.8 Å². The molecule has 21 heavy (non-hydrogen) atoms. The van der Waals surface area contributed by atoms with Crippen LogP contribution < -0.4 is 0 Å². The number of aryl methyl sites for hydroxylation is 1. The average Bonchev–Trinajstić information content (AvgIpc) is 2.96. The van der Waals surface area contributed by atoms with E-state index in [1.54, 1.807) is 11.8 Å². The van der Waals surface area contributed by atoms with E-state index in [1.807, 2.05) is 36.4 Å². The number of nitrogens with zero attached hydrogens (tertiary/aromatic N) is 2. The van der Waals surface area contributed by atoms with E-state index in [0.717, 1.165) is 15.8 Å². The van der Waals surface area contributed by atoms with Gasteiger partial charge in [0.1, 0.15) is 0 Å². The maximum atomic E-state index is 5.69. The van der Waals surface area contributed by atoms with Crippen LogP contribution in [0.5, 0.6) is 0 Å². The van der Waals surface area contributed by atoms with Crippen molar-refractivity contribution in [1.82, 2.24) is 10.2 Å². The summed E-state index contributed by atoms with van der Waals surface area (Å²) in [6.07, 6.45) is 0. The van der Waals surface area contributed by atoms with Gasteiger partial charge < -0.3 is 4.42 Å². The van der Waals surface area contributed by atoms with Crippen LogP contribution in [-0.4, -0.2) is 10.2 Å². The molecular formula is C16H13BrN2OS. The van der Waals surface area contributed by atoms with E-state index in [4.69, 9.17) is 4.42 Å². The van der Waals surface area contributed by atoms with Gasteiger partial charge in [0.2, 0.25) is 5.89 Å². The Hall–Kier alpha value is -1.59. The Labute approximate surface area is 135 Å². The molecular weight excluding hydrogens is 348 g/mol. The van der Waals surface area contributed by atoms with Gasteiger partial charge in [-0.3, -0.25) is 0 Å². The van der Waals surface area contributed by atoms with Gasteiger partial charge in [0, 0.05) is 15.8 Å². The van der Waals surface area contributed by atoms with Gasteiger partial charge in [0.05, 0.1) is 0 Å². The van der Waals surface area contributed by atoms with Crippen LogP contribution in [0.4, 0.5) is 0 Å². The molecule has 0 atom stereocenters. The van der Waals surface area contributed by atoms with Crippen LogP contribution >= 0.6 is 27.7 Å². The molecule has 0 spiro atoms. The quantitative estimate of drug-likeness (QED) is 0.606. The van der Waals surface area contributed by atoms with E-state index in [0.29, 0.717) is 11.1 Å². The molecule has 0 radical (unpaired) electrons. The lowest BCUT2D eigenvalue weighted by Gasteiger charge is -1.98. The highest BCUT2D eigenvalue weighted by molar-refractivity contribution is 9.10. The molecule has 1 aromatic heterocycles. The highest BCUT2D eigenvalue weighted by atomic mass is 79.9. The van der Waals surface area contributed by atoms with E-state index >= 15 is 0 Å². The summed E-state index contributed by atoms with van der Waals surface area (Å²) in [7, 11) is 0. The third-order valence-electron chi connectivity index (χ3n) is 2.98. The topological polar surface area (TPSA) is 38.9 Å². The molecule has 0 amide bonds. The lowest BCUT2D eigenvalue weighted by atomic mass is 10.1. The molecule has 3 nitrogen and oxygen atoms in total. The minimum atomic E-state index is 0.563. The zero-order chi connectivity index (χ0) is 14.7.